The molecule has 1 saturated heterocycles. The van der Waals surface area contributed by atoms with Crippen molar-refractivity contribution in [1.29, 1.82) is 0 Å². The molecular formula is C19H40O3S2Si. The van der Waals surface area contributed by atoms with Gasteiger partial charge in [-0.15, -0.1) is 23.5 Å². The summed E-state index contributed by atoms with van der Waals surface area (Å²) in [6.45, 7) is 13.7. The Bertz CT molecular complexity index is 379. The quantitative estimate of drug-likeness (QED) is 0.381. The zero-order valence-corrected chi connectivity index (χ0v) is 19.8. The van der Waals surface area contributed by atoms with Crippen molar-refractivity contribution in [1.82, 2.24) is 0 Å². The zero-order valence-electron chi connectivity index (χ0n) is 17.1. The van der Waals surface area contributed by atoms with Gasteiger partial charge in [0.2, 0.25) is 0 Å². The fraction of sp³-hybridized carbons (Fsp3) is 1.00. The normalized spacial score (nSPS) is 21.1. The molecule has 0 aromatic carbocycles. The third-order valence-corrected chi connectivity index (χ3v) is 13.6. The van der Waals surface area contributed by atoms with Crippen LogP contribution in [0.4, 0.5) is 0 Å². The lowest BCUT2D eigenvalue weighted by atomic mass is 10.0. The van der Waals surface area contributed by atoms with Crippen molar-refractivity contribution in [2.75, 3.05) is 18.1 Å². The molecule has 2 N–H and O–H groups in total. The first-order valence-corrected chi connectivity index (χ1v) is 14.7. The number of aliphatic hydroxyl groups excluding tert-OH is 2. The van der Waals surface area contributed by atoms with Crippen LogP contribution in [0, 0.1) is 0 Å². The van der Waals surface area contributed by atoms with Crippen LogP contribution in [-0.4, -0.2) is 52.9 Å². The molecule has 0 saturated carbocycles. The minimum Gasteiger partial charge on any atom is -0.414 e. The van der Waals surface area contributed by atoms with E-state index in [0.29, 0.717) is 13.0 Å². The first kappa shape index (κ1) is 23.8. The van der Waals surface area contributed by atoms with E-state index in [1.807, 2.05) is 23.5 Å². The van der Waals surface area contributed by atoms with E-state index in [9.17, 15) is 10.2 Å². The van der Waals surface area contributed by atoms with Crippen molar-refractivity contribution < 1.29 is 14.6 Å². The van der Waals surface area contributed by atoms with Crippen molar-refractivity contribution in [2.45, 2.75) is 101 Å². The molecule has 25 heavy (non-hydrogen) atoms. The Morgan fingerprint density at radius 3 is 2.24 bits per heavy atom. The SMILES string of the molecule is CCCCC[C@H](O)C1(C[C@H](O)CO[Si](C)(C)C(C)(C)C)SCCCS1. The van der Waals surface area contributed by atoms with Crippen molar-refractivity contribution in [3.63, 3.8) is 0 Å². The van der Waals surface area contributed by atoms with Gasteiger partial charge in [0, 0.05) is 6.42 Å². The number of thioether (sulfide) groups is 2. The first-order chi connectivity index (χ1) is 11.5. The van der Waals surface area contributed by atoms with E-state index in [1.54, 1.807) is 0 Å². The smallest absolute Gasteiger partial charge is 0.192 e. The van der Waals surface area contributed by atoms with E-state index in [-0.39, 0.29) is 15.2 Å². The predicted octanol–water partition coefficient (Wildman–Crippen LogP) is 5.27. The Balaban J connectivity index is 2.65. The molecule has 0 bridgehead atoms. The third kappa shape index (κ3) is 7.38. The maximum atomic E-state index is 10.9. The Labute approximate surface area is 165 Å². The van der Waals surface area contributed by atoms with Gasteiger partial charge in [-0.2, -0.15) is 0 Å². The average Bonchev–Trinajstić information content (AvgIpc) is 2.53. The molecule has 1 rings (SSSR count). The van der Waals surface area contributed by atoms with Crippen molar-refractivity contribution in [3.8, 4) is 0 Å². The highest BCUT2D eigenvalue weighted by molar-refractivity contribution is 8.18. The summed E-state index contributed by atoms with van der Waals surface area (Å²) in [5, 5.41) is 21.7. The maximum Gasteiger partial charge on any atom is 0.192 e. The lowest BCUT2D eigenvalue weighted by molar-refractivity contribution is 0.0669. The van der Waals surface area contributed by atoms with Gasteiger partial charge in [0.1, 0.15) is 0 Å². The van der Waals surface area contributed by atoms with Crippen LogP contribution in [0.3, 0.4) is 0 Å². The van der Waals surface area contributed by atoms with E-state index in [2.05, 4.69) is 40.8 Å². The van der Waals surface area contributed by atoms with Gasteiger partial charge in [0.05, 0.1) is 22.9 Å². The molecule has 0 radical (unpaired) electrons. The standard InChI is InChI=1S/C19H40O3S2Si/c1-7-8-9-11-17(21)19(23-12-10-13-24-19)14-16(20)15-22-25(5,6)18(2,3)4/h16-17,20-21H,7-15H2,1-6H3/t16-,17-/m0/s1. The number of aliphatic hydroxyl groups is 2. The predicted molar refractivity (Wildman–Crippen MR) is 116 cm³/mol. The summed E-state index contributed by atoms with van der Waals surface area (Å²) < 4.78 is 5.95. The van der Waals surface area contributed by atoms with Crippen LogP contribution in [0.25, 0.3) is 0 Å². The molecule has 0 amide bonds. The van der Waals surface area contributed by atoms with E-state index in [1.165, 1.54) is 19.3 Å². The molecule has 1 aliphatic rings. The summed E-state index contributed by atoms with van der Waals surface area (Å²) in [6, 6.07) is 0. The molecule has 0 aliphatic carbocycles. The van der Waals surface area contributed by atoms with Crippen molar-refractivity contribution in [3.05, 3.63) is 0 Å². The largest absolute Gasteiger partial charge is 0.414 e. The van der Waals surface area contributed by atoms with Crippen molar-refractivity contribution in [2.24, 2.45) is 0 Å². The van der Waals surface area contributed by atoms with E-state index >= 15 is 0 Å². The molecule has 3 nitrogen and oxygen atoms in total. The Kier molecular flexibility index (Phi) is 9.89. The minimum atomic E-state index is -1.85. The van der Waals surface area contributed by atoms with E-state index in [0.717, 1.165) is 24.3 Å². The van der Waals surface area contributed by atoms with E-state index in [4.69, 9.17) is 4.43 Å². The zero-order chi connectivity index (χ0) is 19.1. The van der Waals surface area contributed by atoms with Crippen LogP contribution in [0.5, 0.6) is 0 Å². The summed E-state index contributed by atoms with van der Waals surface area (Å²) >= 11 is 3.71. The Morgan fingerprint density at radius 2 is 1.72 bits per heavy atom. The summed E-state index contributed by atoms with van der Waals surface area (Å²) in [4.78, 5) is 0. The van der Waals surface area contributed by atoms with Crippen LogP contribution in [0.15, 0.2) is 0 Å². The van der Waals surface area contributed by atoms with Gasteiger partial charge in [-0.05, 0) is 42.5 Å². The Morgan fingerprint density at radius 1 is 1.12 bits per heavy atom. The second-order valence-corrected chi connectivity index (χ2v) is 16.7. The molecule has 1 fully saturated rings. The fourth-order valence-electron chi connectivity index (χ4n) is 2.75. The molecule has 0 spiro atoms. The molecule has 0 aromatic rings. The molecule has 1 heterocycles. The summed E-state index contributed by atoms with van der Waals surface area (Å²) in [5.74, 6) is 2.15. The Hall–Kier alpha value is 0.797. The molecule has 0 unspecified atom stereocenters. The molecule has 1 aliphatic heterocycles. The number of rotatable bonds is 10. The molecule has 2 atom stereocenters. The number of hydrogen-bond acceptors (Lipinski definition) is 5. The lowest BCUT2D eigenvalue weighted by Gasteiger charge is -2.42. The summed E-state index contributed by atoms with van der Waals surface area (Å²) in [7, 11) is -1.85. The van der Waals surface area contributed by atoms with Gasteiger partial charge in [-0.1, -0.05) is 47.0 Å². The van der Waals surface area contributed by atoms with Crippen LogP contribution in [-0.2, 0) is 4.43 Å². The average molecular weight is 409 g/mol. The topological polar surface area (TPSA) is 49.7 Å². The number of hydrogen-bond donors (Lipinski definition) is 2. The second kappa shape index (κ2) is 10.4. The lowest BCUT2D eigenvalue weighted by Crippen LogP contribution is -2.45. The van der Waals surface area contributed by atoms with Gasteiger partial charge >= 0.3 is 0 Å². The highest BCUT2D eigenvalue weighted by atomic mass is 32.2. The maximum absolute atomic E-state index is 10.9. The first-order valence-electron chi connectivity index (χ1n) is 9.82. The molecule has 6 heteroatoms. The van der Waals surface area contributed by atoms with Crippen LogP contribution in [0.2, 0.25) is 18.1 Å². The van der Waals surface area contributed by atoms with Crippen LogP contribution >= 0.6 is 23.5 Å². The monoisotopic (exact) mass is 408 g/mol. The van der Waals surface area contributed by atoms with Crippen LogP contribution < -0.4 is 0 Å². The van der Waals surface area contributed by atoms with Crippen LogP contribution in [0.1, 0.15) is 66.2 Å². The fourth-order valence-corrected chi connectivity index (χ4v) is 7.32. The summed E-state index contributed by atoms with van der Waals surface area (Å²) in [5.41, 5.74) is 0. The molecule has 0 aromatic heterocycles. The van der Waals surface area contributed by atoms with Gasteiger partial charge in [-0.3, -0.25) is 0 Å². The van der Waals surface area contributed by atoms with Crippen molar-refractivity contribution >= 4 is 31.8 Å². The highest BCUT2D eigenvalue weighted by Gasteiger charge is 2.43. The third-order valence-electron chi connectivity index (χ3n) is 5.53. The van der Waals surface area contributed by atoms with Gasteiger partial charge in [-0.25, -0.2) is 0 Å². The van der Waals surface area contributed by atoms with Gasteiger partial charge in [0.15, 0.2) is 8.32 Å². The highest BCUT2D eigenvalue weighted by Crippen LogP contribution is 2.49. The second-order valence-electron chi connectivity index (χ2n) is 8.80. The molecular weight excluding hydrogens is 368 g/mol. The van der Waals surface area contributed by atoms with E-state index < -0.39 is 14.4 Å². The minimum absolute atomic E-state index is 0.151. The number of unbranched alkanes of at least 4 members (excludes halogenated alkanes) is 2. The van der Waals surface area contributed by atoms with Gasteiger partial charge < -0.3 is 14.6 Å². The summed E-state index contributed by atoms with van der Waals surface area (Å²) in [6.07, 6.45) is 5.19. The molecule has 150 valence electrons. The van der Waals surface area contributed by atoms with Gasteiger partial charge in [0.25, 0.3) is 0 Å².